The molecule has 1 heterocycles. The van der Waals surface area contributed by atoms with Gasteiger partial charge in [-0.05, 0) is 29.7 Å². The molecule has 0 saturated carbocycles. The van der Waals surface area contributed by atoms with E-state index >= 15 is 0 Å². The Morgan fingerprint density at radius 2 is 1.79 bits per heavy atom. The van der Waals surface area contributed by atoms with Crippen molar-refractivity contribution in [3.8, 4) is 0 Å². The topological polar surface area (TPSA) is 53.5 Å². The van der Waals surface area contributed by atoms with Gasteiger partial charge in [0.1, 0.15) is 0 Å². The van der Waals surface area contributed by atoms with Gasteiger partial charge in [0, 0.05) is 16.0 Å². The molecule has 0 unspecified atom stereocenters. The van der Waals surface area contributed by atoms with Crippen molar-refractivity contribution in [1.82, 2.24) is 10.9 Å². The summed E-state index contributed by atoms with van der Waals surface area (Å²) < 4.78 is 0. The molecule has 0 bridgehead atoms. The molecule has 2 N–H and O–H groups in total. The third-order valence-corrected chi connectivity index (χ3v) is 4.39. The fourth-order valence-corrected chi connectivity index (χ4v) is 3.24. The molecule has 0 fully saturated rings. The Kier molecular flexibility index (Phi) is 3.63. The number of nitrogens with one attached hydrogen (secondary N) is 2. The molecule has 4 rings (SSSR count). The van der Waals surface area contributed by atoms with E-state index in [1.165, 1.54) is 6.07 Å². The normalized spacial score (nSPS) is 12.2. The minimum Gasteiger partial charge on any atom is -0.281 e. The van der Waals surface area contributed by atoms with Crippen LogP contribution in [0.25, 0.3) is 10.8 Å². The molecule has 6 heteroatoms. The molecule has 0 aromatic heterocycles. The second-order valence-corrected chi connectivity index (χ2v) is 6.19. The number of hydrazine groups is 1. The van der Waals surface area contributed by atoms with Crippen LogP contribution in [0.4, 0.5) is 5.69 Å². The van der Waals surface area contributed by atoms with Gasteiger partial charge in [0.25, 0.3) is 5.91 Å². The van der Waals surface area contributed by atoms with Gasteiger partial charge in [-0.2, -0.15) is 0 Å². The van der Waals surface area contributed by atoms with Crippen molar-refractivity contribution in [2.45, 2.75) is 0 Å². The first-order valence-electron chi connectivity index (χ1n) is 7.26. The van der Waals surface area contributed by atoms with Gasteiger partial charge in [-0.15, -0.1) is 0 Å². The molecule has 0 spiro atoms. The van der Waals surface area contributed by atoms with Crippen LogP contribution in [0.3, 0.4) is 0 Å². The molecule has 1 amide bonds. The minimum atomic E-state index is -0.359. The van der Waals surface area contributed by atoms with Crippen LogP contribution < -0.4 is 10.9 Å². The first kappa shape index (κ1) is 15.0. The fraction of sp³-hybridized carbons (Fsp3) is 0. The number of benzene rings is 3. The maximum absolute atomic E-state index is 12.3. The zero-order chi connectivity index (χ0) is 16.7. The van der Waals surface area contributed by atoms with Gasteiger partial charge in [-0.25, -0.2) is 4.99 Å². The van der Waals surface area contributed by atoms with Crippen molar-refractivity contribution in [3.63, 3.8) is 0 Å². The summed E-state index contributed by atoms with van der Waals surface area (Å²) in [5, 5.41) is 2.95. The van der Waals surface area contributed by atoms with E-state index in [0.29, 0.717) is 21.4 Å². The molecule has 0 radical (unpaired) electrons. The number of amides is 1. The largest absolute Gasteiger partial charge is 0.281 e. The summed E-state index contributed by atoms with van der Waals surface area (Å²) in [4.78, 5) is 16.8. The van der Waals surface area contributed by atoms with Gasteiger partial charge in [0.2, 0.25) is 0 Å². The van der Waals surface area contributed by atoms with Crippen molar-refractivity contribution in [2.75, 3.05) is 0 Å². The first-order chi connectivity index (χ1) is 11.6. The molecule has 0 atom stereocenters. The molecule has 3 aromatic rings. The number of halogens is 2. The summed E-state index contributed by atoms with van der Waals surface area (Å²) >= 11 is 11.9. The molecular formula is C18H11Cl2N3O. The number of rotatable bonds is 1. The highest BCUT2D eigenvalue weighted by Gasteiger charge is 2.19. The van der Waals surface area contributed by atoms with Crippen LogP contribution in [0, 0.1) is 0 Å². The minimum absolute atomic E-state index is 0.292. The molecule has 0 saturated heterocycles. The molecule has 4 nitrogen and oxygen atoms in total. The Labute approximate surface area is 148 Å². The van der Waals surface area contributed by atoms with Gasteiger partial charge in [0.05, 0.1) is 16.3 Å². The molecule has 1 aliphatic heterocycles. The Morgan fingerprint density at radius 3 is 2.58 bits per heavy atom. The summed E-state index contributed by atoms with van der Waals surface area (Å²) in [5.74, 6) is 0.239. The lowest BCUT2D eigenvalue weighted by molar-refractivity contribution is 0.0944. The predicted octanol–water partition coefficient (Wildman–Crippen LogP) is 4.47. The monoisotopic (exact) mass is 355 g/mol. The second-order valence-electron chi connectivity index (χ2n) is 5.34. The third-order valence-electron chi connectivity index (χ3n) is 3.84. The van der Waals surface area contributed by atoms with E-state index in [-0.39, 0.29) is 5.91 Å². The van der Waals surface area contributed by atoms with Crippen molar-refractivity contribution >= 4 is 51.4 Å². The van der Waals surface area contributed by atoms with Gasteiger partial charge in [-0.1, -0.05) is 53.5 Å². The van der Waals surface area contributed by atoms with Crippen molar-refractivity contribution in [1.29, 1.82) is 0 Å². The Hall–Kier alpha value is -2.56. The smallest absolute Gasteiger partial charge is 0.271 e. The van der Waals surface area contributed by atoms with E-state index in [9.17, 15) is 4.79 Å². The zero-order valence-corrected chi connectivity index (χ0v) is 13.8. The Bertz CT molecular complexity index is 1010. The highest BCUT2D eigenvalue weighted by Crippen LogP contribution is 2.34. The number of carbonyl (C=O) groups is 1. The molecular weight excluding hydrogens is 345 g/mol. The predicted molar refractivity (Wildman–Crippen MR) is 97.2 cm³/mol. The number of hydrogen-bond donors (Lipinski definition) is 2. The maximum Gasteiger partial charge on any atom is 0.271 e. The Morgan fingerprint density at radius 1 is 1.00 bits per heavy atom. The number of hydrogen-bond acceptors (Lipinski definition) is 3. The van der Waals surface area contributed by atoms with E-state index < -0.39 is 0 Å². The van der Waals surface area contributed by atoms with Crippen LogP contribution >= 0.6 is 23.2 Å². The number of carbonyl (C=O) groups excluding carboxylic acids is 1. The van der Waals surface area contributed by atoms with Crippen molar-refractivity contribution < 1.29 is 4.79 Å². The molecule has 1 aliphatic rings. The van der Waals surface area contributed by atoms with Gasteiger partial charge >= 0.3 is 0 Å². The van der Waals surface area contributed by atoms with Crippen LogP contribution in [-0.4, -0.2) is 11.7 Å². The highest BCUT2D eigenvalue weighted by molar-refractivity contribution is 6.36. The average Bonchev–Trinajstić information content (AvgIpc) is 2.93. The lowest BCUT2D eigenvalue weighted by Gasteiger charge is -2.10. The summed E-state index contributed by atoms with van der Waals surface area (Å²) in [7, 11) is 0. The number of amidine groups is 1. The van der Waals surface area contributed by atoms with Crippen LogP contribution in [0.5, 0.6) is 0 Å². The molecule has 3 aromatic carbocycles. The summed E-state index contributed by atoms with van der Waals surface area (Å²) in [5.41, 5.74) is 7.68. The average molecular weight is 356 g/mol. The van der Waals surface area contributed by atoms with Gasteiger partial charge in [0.15, 0.2) is 5.84 Å². The maximum atomic E-state index is 12.3. The third kappa shape index (κ3) is 2.50. The second kappa shape index (κ2) is 5.82. The van der Waals surface area contributed by atoms with E-state index in [1.54, 1.807) is 12.1 Å². The SMILES string of the molecule is O=C(NNC1=Nc2cccc3cccc1c23)c1ccc(Cl)cc1Cl. The van der Waals surface area contributed by atoms with Crippen molar-refractivity contribution in [2.24, 2.45) is 4.99 Å². The lowest BCUT2D eigenvalue weighted by atomic mass is 10.0. The highest BCUT2D eigenvalue weighted by atomic mass is 35.5. The van der Waals surface area contributed by atoms with Crippen LogP contribution in [-0.2, 0) is 0 Å². The van der Waals surface area contributed by atoms with Gasteiger partial charge in [-0.3, -0.25) is 15.6 Å². The van der Waals surface area contributed by atoms with Crippen LogP contribution in [0.15, 0.2) is 59.6 Å². The number of nitrogens with zero attached hydrogens (tertiary/aromatic N) is 1. The van der Waals surface area contributed by atoms with E-state index in [0.717, 1.165) is 22.0 Å². The van der Waals surface area contributed by atoms with Gasteiger partial charge < -0.3 is 0 Å². The summed E-state index contributed by atoms with van der Waals surface area (Å²) in [6.07, 6.45) is 0. The van der Waals surface area contributed by atoms with E-state index in [2.05, 4.69) is 15.8 Å². The quantitative estimate of drug-likeness (QED) is 0.632. The standard InChI is InChI=1S/C18H11Cl2N3O/c19-11-7-8-12(14(20)9-11)18(24)23-22-17-13-5-1-3-10-4-2-6-15(21-17)16(10)13/h1-9H,(H,21,22)(H,23,24). The lowest BCUT2D eigenvalue weighted by Crippen LogP contribution is -2.41. The zero-order valence-electron chi connectivity index (χ0n) is 12.3. The van der Waals surface area contributed by atoms with Crippen LogP contribution in [0.1, 0.15) is 15.9 Å². The van der Waals surface area contributed by atoms with E-state index in [1.807, 2.05) is 36.4 Å². The molecule has 0 aliphatic carbocycles. The molecule has 118 valence electrons. The Balaban J connectivity index is 1.57. The van der Waals surface area contributed by atoms with Crippen molar-refractivity contribution in [3.05, 3.63) is 75.8 Å². The fourth-order valence-electron chi connectivity index (χ4n) is 2.74. The van der Waals surface area contributed by atoms with E-state index in [4.69, 9.17) is 23.2 Å². The summed E-state index contributed by atoms with van der Waals surface area (Å²) in [6, 6.07) is 16.6. The number of aliphatic imine (C=N–C) groups is 1. The first-order valence-corrected chi connectivity index (χ1v) is 8.01. The summed E-state index contributed by atoms with van der Waals surface area (Å²) in [6.45, 7) is 0. The molecule has 24 heavy (non-hydrogen) atoms. The van der Waals surface area contributed by atoms with Crippen LogP contribution in [0.2, 0.25) is 10.0 Å².